The number of carbonyl (C=O) groups excluding carboxylic acids is 2. The van der Waals surface area contributed by atoms with E-state index in [1.165, 1.54) is 48.5 Å². The molecule has 210 valence electrons. The van der Waals surface area contributed by atoms with Crippen molar-refractivity contribution >= 4 is 48.6 Å². The van der Waals surface area contributed by atoms with Crippen LogP contribution in [0.3, 0.4) is 0 Å². The maximum atomic E-state index is 12.2. The molecule has 0 N–H and O–H groups in total. The highest BCUT2D eigenvalue weighted by molar-refractivity contribution is 7.99. The molecule has 0 radical (unpaired) electrons. The molecular formula is C23H25F6N3O4S2. The monoisotopic (exact) mass is 585 g/mol. The molecule has 0 aliphatic carbocycles. The molecule has 0 aliphatic rings. The van der Waals surface area contributed by atoms with Gasteiger partial charge in [0.15, 0.2) is 0 Å². The van der Waals surface area contributed by atoms with Gasteiger partial charge in [0.25, 0.3) is 0 Å². The highest BCUT2D eigenvalue weighted by atomic mass is 32.2. The Morgan fingerprint density at radius 3 is 1.26 bits per heavy atom. The van der Waals surface area contributed by atoms with Crippen LogP contribution in [0.15, 0.2) is 48.5 Å². The van der Waals surface area contributed by atoms with Crippen LogP contribution in [0.1, 0.15) is 20.7 Å². The lowest BCUT2D eigenvalue weighted by Gasteiger charge is -2.30. The summed E-state index contributed by atoms with van der Waals surface area (Å²) in [7, 11) is 3.54. The molecule has 0 amide bonds. The molecule has 0 atom stereocenters. The summed E-state index contributed by atoms with van der Waals surface area (Å²) in [5.74, 6) is -2.99. The van der Waals surface area contributed by atoms with Crippen LogP contribution in [0.25, 0.3) is 0 Å². The Labute approximate surface area is 226 Å². The van der Waals surface area contributed by atoms with Crippen LogP contribution >= 0.6 is 25.3 Å². The zero-order valence-electron chi connectivity index (χ0n) is 20.2. The average molecular weight is 586 g/mol. The molecule has 0 bridgehead atoms. The number of hydrogen-bond acceptors (Lipinski definition) is 9. The first-order valence-corrected chi connectivity index (χ1v) is 11.9. The highest BCUT2D eigenvalue weighted by Gasteiger charge is 2.35. The van der Waals surface area contributed by atoms with Crippen LogP contribution in [0.2, 0.25) is 0 Å². The Morgan fingerprint density at radius 1 is 0.684 bits per heavy atom. The van der Waals surface area contributed by atoms with Gasteiger partial charge in [-0.25, -0.2) is 9.59 Å². The minimum atomic E-state index is -5.06. The number of anilines is 2. The quantitative estimate of drug-likeness (QED) is 0.166. The zero-order chi connectivity index (χ0) is 28.7. The Morgan fingerprint density at radius 2 is 1.00 bits per heavy atom. The number of halogens is 6. The van der Waals surface area contributed by atoms with Crippen LogP contribution in [-0.4, -0.2) is 74.5 Å². The number of hydrogen-bond donors (Lipinski definition) is 2. The fourth-order valence-electron chi connectivity index (χ4n) is 3.19. The predicted octanol–water partition coefficient (Wildman–Crippen LogP) is 5.06. The van der Waals surface area contributed by atoms with Crippen molar-refractivity contribution < 1.29 is 45.4 Å². The van der Waals surface area contributed by atoms with E-state index in [0.717, 1.165) is 0 Å². The van der Waals surface area contributed by atoms with Gasteiger partial charge >= 0.3 is 24.7 Å². The number of alkyl halides is 6. The number of likely N-dealkylation sites (N-methyl/N-ethyl adjacent to an activating group) is 2. The summed E-state index contributed by atoms with van der Waals surface area (Å²) in [6.07, 6.45) is -10.1. The van der Waals surface area contributed by atoms with Crippen LogP contribution in [0, 0.1) is 0 Å². The van der Waals surface area contributed by atoms with E-state index in [1.807, 2.05) is 14.7 Å². The largest absolute Gasteiger partial charge is 0.575 e. The lowest BCUT2D eigenvalue weighted by Crippen LogP contribution is -2.40. The van der Waals surface area contributed by atoms with Crippen molar-refractivity contribution in [2.75, 3.05) is 50.1 Å². The van der Waals surface area contributed by atoms with Crippen molar-refractivity contribution in [3.05, 3.63) is 59.7 Å². The lowest BCUT2D eigenvalue weighted by atomic mass is 10.2. The van der Waals surface area contributed by atoms with Gasteiger partial charge in [-0.15, -0.1) is 51.6 Å². The number of rotatable bonds is 11. The van der Waals surface area contributed by atoms with Crippen LogP contribution in [0.5, 0.6) is 0 Å². The van der Waals surface area contributed by atoms with Gasteiger partial charge in [0, 0.05) is 51.6 Å². The van der Waals surface area contributed by atoms with Gasteiger partial charge < -0.3 is 19.3 Å². The van der Waals surface area contributed by atoms with Gasteiger partial charge in [-0.2, -0.15) is 0 Å². The van der Waals surface area contributed by atoms with Crippen molar-refractivity contribution in [2.24, 2.45) is 0 Å². The summed E-state index contributed by atoms with van der Waals surface area (Å²) in [4.78, 5) is 28.6. The molecule has 0 fully saturated rings. The second-order valence-electron chi connectivity index (χ2n) is 7.99. The zero-order valence-corrected chi connectivity index (χ0v) is 22.0. The third-order valence-electron chi connectivity index (χ3n) is 5.28. The number of esters is 2. The molecule has 0 spiro atoms. The number of ether oxygens (including phenoxy) is 2. The van der Waals surface area contributed by atoms with Crippen molar-refractivity contribution in [1.82, 2.24) is 4.90 Å². The minimum absolute atomic E-state index is 0.236. The molecule has 0 unspecified atom stereocenters. The molecule has 2 aromatic rings. The second-order valence-corrected chi connectivity index (χ2v) is 9.38. The summed E-state index contributed by atoms with van der Waals surface area (Å²) < 4.78 is 79.7. The summed E-state index contributed by atoms with van der Waals surface area (Å²) in [6.45, 7) is 1.98. The van der Waals surface area contributed by atoms with E-state index in [-0.39, 0.29) is 11.1 Å². The topological polar surface area (TPSA) is 62.3 Å². The van der Waals surface area contributed by atoms with Crippen molar-refractivity contribution in [3.8, 4) is 0 Å². The first-order chi connectivity index (χ1) is 17.6. The first-order valence-electron chi connectivity index (χ1n) is 10.9. The third kappa shape index (κ3) is 10.5. The molecular weight excluding hydrogens is 560 g/mol. The fourth-order valence-corrected chi connectivity index (χ4v) is 3.65. The molecule has 15 heteroatoms. The van der Waals surface area contributed by atoms with Crippen molar-refractivity contribution in [2.45, 2.75) is 17.4 Å². The van der Waals surface area contributed by atoms with Gasteiger partial charge in [-0.1, -0.05) is 0 Å². The first kappa shape index (κ1) is 31.4. The smallest absolute Gasteiger partial charge is 0.373 e. The highest BCUT2D eigenvalue weighted by Crippen LogP contribution is 2.22. The standard InChI is InChI=1S/C23H25F6N3O4S2/c1-30(17-7-3-15(4-8-17)19(33)35-22(24,25)26)11-13-32(21(37)38)14-12-31(2)18-9-5-16(6-10-18)20(34)36-23(27,28)29/h3-10,21,37-38H,11-14H2,1-2H3. The van der Waals surface area contributed by atoms with E-state index in [2.05, 4.69) is 34.7 Å². The Balaban J connectivity index is 1.89. The van der Waals surface area contributed by atoms with E-state index >= 15 is 0 Å². The van der Waals surface area contributed by atoms with Gasteiger partial charge in [-0.3, -0.25) is 4.90 Å². The number of carbonyl (C=O) groups is 2. The number of benzene rings is 2. The van der Waals surface area contributed by atoms with Gasteiger partial charge in [-0.05, 0) is 48.5 Å². The maximum Gasteiger partial charge on any atom is 0.575 e. The SMILES string of the molecule is CN(CCN(CCN(C)c1ccc(C(=O)OC(F)(F)F)cc1)C(S)S)c1ccc(C(=O)OC(F)(F)F)cc1. The van der Waals surface area contributed by atoms with Crippen LogP contribution in [-0.2, 0) is 9.47 Å². The summed E-state index contributed by atoms with van der Waals surface area (Å²) in [6, 6.07) is 10.9. The molecule has 0 saturated heterocycles. The van der Waals surface area contributed by atoms with Crippen molar-refractivity contribution in [3.63, 3.8) is 0 Å². The van der Waals surface area contributed by atoms with Crippen LogP contribution in [0.4, 0.5) is 37.7 Å². The molecule has 0 heterocycles. The molecule has 0 saturated carbocycles. The van der Waals surface area contributed by atoms with Crippen molar-refractivity contribution in [1.29, 1.82) is 0 Å². The summed E-state index contributed by atoms with van der Waals surface area (Å²) in [5.41, 5.74) is 0.842. The summed E-state index contributed by atoms with van der Waals surface area (Å²) >= 11 is 8.76. The Hall–Kier alpha value is -2.78. The van der Waals surface area contributed by atoms with Crippen LogP contribution < -0.4 is 9.80 Å². The number of thiol groups is 2. The second kappa shape index (κ2) is 13.3. The average Bonchev–Trinajstić information content (AvgIpc) is 2.81. The maximum absolute atomic E-state index is 12.2. The lowest BCUT2D eigenvalue weighted by molar-refractivity contribution is -0.293. The fraction of sp³-hybridized carbons (Fsp3) is 0.391. The predicted molar refractivity (Wildman–Crippen MR) is 136 cm³/mol. The van der Waals surface area contributed by atoms with Gasteiger partial charge in [0.2, 0.25) is 0 Å². The minimum Gasteiger partial charge on any atom is -0.373 e. The van der Waals surface area contributed by atoms with Gasteiger partial charge in [0.1, 0.15) is 0 Å². The van der Waals surface area contributed by atoms with E-state index in [4.69, 9.17) is 0 Å². The summed E-state index contributed by atoms with van der Waals surface area (Å²) in [5, 5.41) is 0. The Bertz CT molecular complexity index is 985. The molecule has 0 aromatic heterocycles. The van der Waals surface area contributed by atoms with E-state index in [0.29, 0.717) is 37.6 Å². The molecule has 7 nitrogen and oxygen atoms in total. The van der Waals surface area contributed by atoms with Gasteiger partial charge in [0.05, 0.1) is 15.8 Å². The van der Waals surface area contributed by atoms with E-state index in [1.54, 1.807) is 14.1 Å². The normalized spacial score (nSPS) is 12.0. The molecule has 38 heavy (non-hydrogen) atoms. The molecule has 2 aromatic carbocycles. The Kier molecular flexibility index (Phi) is 11.0. The van der Waals surface area contributed by atoms with E-state index in [9.17, 15) is 35.9 Å². The molecule has 2 rings (SSSR count). The molecule has 0 aliphatic heterocycles. The third-order valence-corrected chi connectivity index (χ3v) is 5.93. The van der Waals surface area contributed by atoms with E-state index < -0.39 is 29.4 Å². The number of nitrogens with zero attached hydrogens (tertiary/aromatic N) is 3.